The minimum absolute atomic E-state index is 0.370. The molecule has 0 saturated carbocycles. The van der Waals surface area contributed by atoms with Gasteiger partial charge in [-0.05, 0) is 0 Å². The molecule has 0 aliphatic carbocycles. The number of nitrogens with zero attached hydrogens (tertiary/aromatic N) is 2. The molecule has 5 nitrogen and oxygen atoms in total. The van der Waals surface area contributed by atoms with E-state index < -0.39 is 5.91 Å². The highest BCUT2D eigenvalue weighted by atomic mass is 16.1. The average Bonchev–Trinajstić information content (AvgIpc) is 2.12. The largest absolute Gasteiger partial charge is 0.368 e. The Kier molecular flexibility index (Phi) is 1.11. The minimum Gasteiger partial charge on any atom is -0.368 e. The van der Waals surface area contributed by atoms with Crippen LogP contribution in [0.3, 0.4) is 0 Å². The summed E-state index contributed by atoms with van der Waals surface area (Å²) in [5.74, 6) is -0.407. The van der Waals surface area contributed by atoms with Crippen molar-refractivity contribution in [2.24, 2.45) is 16.1 Å². The summed E-state index contributed by atoms with van der Waals surface area (Å²) in [5, 5.41) is 6.86. The second kappa shape index (κ2) is 1.77. The molecule has 1 amide bonds. The Morgan fingerprint density at radius 3 is 2.88 bits per heavy atom. The fraction of sp³-hybridized carbons (Fsp3) is 0.667. The van der Waals surface area contributed by atoms with E-state index in [1.165, 1.54) is 0 Å². The first-order valence-corrected chi connectivity index (χ1v) is 2.22. The molecule has 5 heteroatoms. The summed E-state index contributed by atoms with van der Waals surface area (Å²) in [4.78, 5) is 10.2. The maximum Gasteiger partial charge on any atom is 0.243 e. The van der Waals surface area contributed by atoms with E-state index >= 15 is 0 Å². The second-order valence-electron chi connectivity index (χ2n) is 1.51. The van der Waals surface area contributed by atoms with Crippen molar-refractivity contribution in [3.05, 3.63) is 0 Å². The van der Waals surface area contributed by atoms with Crippen LogP contribution in [0.5, 0.6) is 0 Å². The summed E-state index contributed by atoms with van der Waals surface area (Å²) in [5.41, 5.74) is 7.32. The van der Waals surface area contributed by atoms with Gasteiger partial charge in [-0.2, -0.15) is 5.11 Å². The smallest absolute Gasteiger partial charge is 0.243 e. The van der Waals surface area contributed by atoms with Crippen LogP contribution in [0.15, 0.2) is 10.3 Å². The highest BCUT2D eigenvalue weighted by molar-refractivity contribution is 5.80. The van der Waals surface area contributed by atoms with Gasteiger partial charge in [0, 0.05) is 0 Å². The van der Waals surface area contributed by atoms with Crippen molar-refractivity contribution in [3.63, 3.8) is 0 Å². The van der Waals surface area contributed by atoms with Crippen LogP contribution in [0.25, 0.3) is 0 Å². The van der Waals surface area contributed by atoms with Gasteiger partial charge in [0.15, 0.2) is 0 Å². The lowest BCUT2D eigenvalue weighted by Gasteiger charge is -1.98. The molecule has 0 aromatic rings. The molecule has 0 bridgehead atoms. The Hall–Kier alpha value is -1.13. The predicted molar refractivity (Wildman–Crippen MR) is 25.8 cm³/mol. The Balaban J connectivity index is 2.41. The van der Waals surface area contributed by atoms with Crippen LogP contribution < -0.4 is 11.2 Å². The lowest BCUT2D eigenvalue weighted by atomic mass is 10.3. The third-order valence-electron chi connectivity index (χ3n) is 0.892. The molecule has 0 aromatic heterocycles. The van der Waals surface area contributed by atoms with Crippen molar-refractivity contribution >= 4 is 5.91 Å². The van der Waals surface area contributed by atoms with Gasteiger partial charge in [-0.25, -0.2) is 0 Å². The molecule has 0 fully saturated rings. The van der Waals surface area contributed by atoms with Gasteiger partial charge in [-0.15, -0.1) is 0 Å². The van der Waals surface area contributed by atoms with Crippen LogP contribution in [0.2, 0.25) is 0 Å². The molecule has 44 valence electrons. The third kappa shape index (κ3) is 0.749. The lowest BCUT2D eigenvalue weighted by Crippen LogP contribution is -2.37. The quantitative estimate of drug-likeness (QED) is 0.449. The van der Waals surface area contributed by atoms with Gasteiger partial charge in [0.05, 0.1) is 6.54 Å². The molecule has 1 aliphatic heterocycles. The van der Waals surface area contributed by atoms with Crippen molar-refractivity contribution in [1.82, 2.24) is 5.43 Å². The van der Waals surface area contributed by atoms with Crippen LogP contribution in [0.1, 0.15) is 0 Å². The summed E-state index contributed by atoms with van der Waals surface area (Å²) >= 11 is 0. The highest BCUT2D eigenvalue weighted by Crippen LogP contribution is 1.91. The number of hydrogen-bond donors (Lipinski definition) is 2. The number of nitrogens with two attached hydrogens (primary N) is 1. The minimum atomic E-state index is -0.407. The van der Waals surface area contributed by atoms with Gasteiger partial charge in [0.2, 0.25) is 5.91 Å². The normalized spacial score (nSPS) is 25.2. The number of primary amides is 1. The molecule has 0 aromatic carbocycles. The number of carbonyl (C=O) groups excluding carboxylic acids is 1. The van der Waals surface area contributed by atoms with Gasteiger partial charge in [-0.1, -0.05) is 5.22 Å². The topological polar surface area (TPSA) is 79.8 Å². The lowest BCUT2D eigenvalue weighted by molar-refractivity contribution is -0.119. The van der Waals surface area contributed by atoms with Crippen LogP contribution >= 0.6 is 0 Å². The Morgan fingerprint density at radius 2 is 2.62 bits per heavy atom. The van der Waals surface area contributed by atoms with Gasteiger partial charge in [-0.3, -0.25) is 10.2 Å². The zero-order valence-electron chi connectivity index (χ0n) is 4.16. The fourth-order valence-electron chi connectivity index (χ4n) is 0.427. The zero-order valence-corrected chi connectivity index (χ0v) is 4.16. The van der Waals surface area contributed by atoms with Crippen LogP contribution in [0.4, 0.5) is 0 Å². The molecule has 1 aliphatic rings. The molecule has 0 spiro atoms. The highest BCUT2D eigenvalue weighted by Gasteiger charge is 2.16. The number of rotatable bonds is 1. The first kappa shape index (κ1) is 5.02. The van der Waals surface area contributed by atoms with Gasteiger partial charge in [0.1, 0.15) is 6.04 Å². The Labute approximate surface area is 45.9 Å². The van der Waals surface area contributed by atoms with Crippen molar-refractivity contribution < 1.29 is 4.79 Å². The van der Waals surface area contributed by atoms with Crippen molar-refractivity contribution in [2.75, 3.05) is 6.54 Å². The molecule has 3 N–H and O–H groups in total. The monoisotopic (exact) mass is 114 g/mol. The zero-order chi connectivity index (χ0) is 5.98. The van der Waals surface area contributed by atoms with E-state index in [1.54, 1.807) is 0 Å². The summed E-state index contributed by atoms with van der Waals surface area (Å²) < 4.78 is 0. The number of hydrogen-bond acceptors (Lipinski definition) is 4. The second-order valence-corrected chi connectivity index (χ2v) is 1.51. The fourth-order valence-corrected chi connectivity index (χ4v) is 0.427. The Morgan fingerprint density at radius 1 is 1.88 bits per heavy atom. The van der Waals surface area contributed by atoms with E-state index in [2.05, 4.69) is 15.8 Å². The van der Waals surface area contributed by atoms with Crippen molar-refractivity contribution in [1.29, 1.82) is 0 Å². The van der Waals surface area contributed by atoms with Gasteiger partial charge >= 0.3 is 0 Å². The summed E-state index contributed by atoms with van der Waals surface area (Å²) in [6.45, 7) is 0.370. The van der Waals surface area contributed by atoms with Crippen LogP contribution in [-0.2, 0) is 4.79 Å². The maximum absolute atomic E-state index is 10.2. The Bertz CT molecular complexity index is 123. The first-order chi connectivity index (χ1) is 3.80. The average molecular weight is 114 g/mol. The first-order valence-electron chi connectivity index (χ1n) is 2.22. The van der Waals surface area contributed by atoms with Crippen LogP contribution in [-0.4, -0.2) is 18.5 Å². The number of nitrogens with one attached hydrogen (secondary N) is 1. The molecule has 1 heterocycles. The van der Waals surface area contributed by atoms with E-state index in [4.69, 9.17) is 5.73 Å². The molecular weight excluding hydrogens is 108 g/mol. The number of carbonyl (C=O) groups is 1. The summed E-state index contributed by atoms with van der Waals surface area (Å²) in [6.07, 6.45) is 0. The van der Waals surface area contributed by atoms with E-state index in [-0.39, 0.29) is 6.04 Å². The SMILES string of the molecule is NC(=O)C1CN=NN1. The van der Waals surface area contributed by atoms with E-state index in [0.29, 0.717) is 6.54 Å². The van der Waals surface area contributed by atoms with E-state index in [0.717, 1.165) is 0 Å². The molecule has 1 atom stereocenters. The van der Waals surface area contributed by atoms with Crippen LogP contribution in [0, 0.1) is 0 Å². The predicted octanol–water partition coefficient (Wildman–Crippen LogP) is -1.19. The standard InChI is InChI=1S/C3H6N4O/c4-3(8)2-1-5-7-6-2/h2H,1H2,(H2,4,8)(H,5,6). The van der Waals surface area contributed by atoms with Crippen molar-refractivity contribution in [2.45, 2.75) is 6.04 Å². The summed E-state index contributed by atoms with van der Waals surface area (Å²) in [7, 11) is 0. The van der Waals surface area contributed by atoms with E-state index in [9.17, 15) is 4.79 Å². The van der Waals surface area contributed by atoms with Gasteiger partial charge in [0.25, 0.3) is 0 Å². The van der Waals surface area contributed by atoms with E-state index in [1.807, 2.05) is 0 Å². The number of amides is 1. The maximum atomic E-state index is 10.2. The molecular formula is C3H6N4O. The van der Waals surface area contributed by atoms with Crippen molar-refractivity contribution in [3.8, 4) is 0 Å². The molecule has 1 rings (SSSR count). The molecule has 0 saturated heterocycles. The molecule has 1 unspecified atom stereocenters. The molecule has 8 heavy (non-hydrogen) atoms. The molecule has 0 radical (unpaired) electrons. The summed E-state index contributed by atoms with van der Waals surface area (Å²) in [6, 6.07) is -0.380. The van der Waals surface area contributed by atoms with Gasteiger partial charge < -0.3 is 5.73 Å². The third-order valence-corrected chi connectivity index (χ3v) is 0.892.